The van der Waals surface area contributed by atoms with Crippen molar-refractivity contribution in [2.75, 3.05) is 11.9 Å². The predicted molar refractivity (Wildman–Crippen MR) is 118 cm³/mol. The fourth-order valence-corrected chi connectivity index (χ4v) is 4.07. The van der Waals surface area contributed by atoms with E-state index in [0.29, 0.717) is 21.8 Å². The maximum absolute atomic E-state index is 12.9. The molecular formula is C22H25N3O4S. The Labute approximate surface area is 179 Å². The largest absolute Gasteiger partial charge is 0.462 e. The smallest absolute Gasteiger partial charge is 0.412 e. The molecule has 0 saturated carbocycles. The molecule has 0 atom stereocenters. The van der Waals surface area contributed by atoms with Crippen LogP contribution >= 0.6 is 11.3 Å². The van der Waals surface area contributed by atoms with Gasteiger partial charge in [-0.2, -0.15) is 5.10 Å². The Morgan fingerprint density at radius 3 is 2.43 bits per heavy atom. The van der Waals surface area contributed by atoms with E-state index in [9.17, 15) is 9.59 Å². The lowest BCUT2D eigenvalue weighted by Crippen LogP contribution is -2.27. The summed E-state index contributed by atoms with van der Waals surface area (Å²) in [4.78, 5) is 26.2. The molecule has 0 fully saturated rings. The van der Waals surface area contributed by atoms with Crippen LogP contribution in [-0.2, 0) is 16.5 Å². The molecule has 3 rings (SSSR count). The second kappa shape index (κ2) is 8.71. The summed E-state index contributed by atoms with van der Waals surface area (Å²) in [6, 6.07) is 11.4. The molecule has 1 N–H and O–H groups in total. The average Bonchev–Trinajstić information content (AvgIpc) is 3.24. The summed E-state index contributed by atoms with van der Waals surface area (Å²) in [5.74, 6) is -0.513. The van der Waals surface area contributed by atoms with Crippen molar-refractivity contribution in [1.29, 1.82) is 0 Å². The average molecular weight is 428 g/mol. The number of esters is 1. The van der Waals surface area contributed by atoms with Crippen molar-refractivity contribution >= 4 is 28.4 Å². The molecule has 158 valence electrons. The highest BCUT2D eigenvalue weighted by atomic mass is 32.1. The van der Waals surface area contributed by atoms with Crippen LogP contribution in [0.3, 0.4) is 0 Å². The van der Waals surface area contributed by atoms with Crippen LogP contribution < -0.4 is 5.32 Å². The molecule has 30 heavy (non-hydrogen) atoms. The molecule has 0 aliphatic heterocycles. The van der Waals surface area contributed by atoms with E-state index < -0.39 is 17.7 Å². The van der Waals surface area contributed by atoms with Gasteiger partial charge in [0.25, 0.3) is 0 Å². The third kappa shape index (κ3) is 4.88. The van der Waals surface area contributed by atoms with Gasteiger partial charge in [0.15, 0.2) is 0 Å². The zero-order valence-corrected chi connectivity index (χ0v) is 18.5. The highest BCUT2D eigenvalue weighted by Crippen LogP contribution is 2.46. The van der Waals surface area contributed by atoms with Crippen LogP contribution in [0, 0.1) is 0 Å². The van der Waals surface area contributed by atoms with E-state index in [0.717, 1.165) is 10.4 Å². The number of thiophene rings is 1. The number of carbonyl (C=O) groups is 2. The zero-order valence-electron chi connectivity index (χ0n) is 17.7. The van der Waals surface area contributed by atoms with Crippen molar-refractivity contribution in [2.45, 2.75) is 33.3 Å². The fraction of sp³-hybridized carbons (Fsp3) is 0.318. The van der Waals surface area contributed by atoms with Gasteiger partial charge in [0.1, 0.15) is 21.9 Å². The summed E-state index contributed by atoms with van der Waals surface area (Å²) in [5, 5.41) is 7.60. The van der Waals surface area contributed by atoms with E-state index in [4.69, 9.17) is 9.47 Å². The highest BCUT2D eigenvalue weighted by Gasteiger charge is 2.29. The molecule has 0 aliphatic rings. The first-order chi connectivity index (χ1) is 14.2. The number of aryl methyl sites for hydroxylation is 1. The first-order valence-electron chi connectivity index (χ1n) is 9.59. The quantitative estimate of drug-likeness (QED) is 0.556. The number of ether oxygens (including phenoxy) is 2. The molecule has 1 aromatic carbocycles. The van der Waals surface area contributed by atoms with Gasteiger partial charge in [0.05, 0.1) is 11.5 Å². The van der Waals surface area contributed by atoms with E-state index >= 15 is 0 Å². The minimum absolute atomic E-state index is 0.216. The van der Waals surface area contributed by atoms with E-state index in [1.165, 1.54) is 11.3 Å². The van der Waals surface area contributed by atoms with Crippen LogP contribution in [0.15, 0.2) is 42.6 Å². The Bertz CT molecular complexity index is 1050. The summed E-state index contributed by atoms with van der Waals surface area (Å²) >= 11 is 1.27. The van der Waals surface area contributed by atoms with Crippen molar-refractivity contribution in [2.24, 2.45) is 7.05 Å². The Morgan fingerprint density at radius 2 is 1.87 bits per heavy atom. The minimum atomic E-state index is -0.669. The van der Waals surface area contributed by atoms with Crippen LogP contribution in [0.5, 0.6) is 0 Å². The molecule has 3 aromatic rings. The number of anilines is 1. The summed E-state index contributed by atoms with van der Waals surface area (Å²) in [5.41, 5.74) is 1.82. The lowest BCUT2D eigenvalue weighted by atomic mass is 10.00. The third-order valence-electron chi connectivity index (χ3n) is 4.01. The Morgan fingerprint density at radius 1 is 1.17 bits per heavy atom. The summed E-state index contributed by atoms with van der Waals surface area (Å²) in [6.07, 6.45) is 1.19. The molecular weight excluding hydrogens is 402 g/mol. The molecule has 0 aliphatic carbocycles. The number of hydrogen-bond acceptors (Lipinski definition) is 6. The van der Waals surface area contributed by atoms with Crippen LogP contribution in [0.2, 0.25) is 0 Å². The van der Waals surface area contributed by atoms with Gasteiger partial charge in [-0.25, -0.2) is 9.59 Å². The summed E-state index contributed by atoms with van der Waals surface area (Å²) in [7, 11) is 1.82. The second-order valence-corrected chi connectivity index (χ2v) is 8.62. The number of carbonyl (C=O) groups excluding carboxylic acids is 2. The van der Waals surface area contributed by atoms with Crippen LogP contribution in [0.1, 0.15) is 38.1 Å². The number of amides is 1. The molecule has 0 radical (unpaired) electrons. The van der Waals surface area contributed by atoms with Gasteiger partial charge in [-0.05, 0) is 39.3 Å². The van der Waals surface area contributed by atoms with E-state index in [1.54, 1.807) is 32.4 Å². The van der Waals surface area contributed by atoms with Gasteiger partial charge in [-0.1, -0.05) is 30.3 Å². The van der Waals surface area contributed by atoms with Gasteiger partial charge < -0.3 is 9.47 Å². The Hall–Kier alpha value is -3.13. The monoisotopic (exact) mass is 427 g/mol. The molecule has 7 nitrogen and oxygen atoms in total. The van der Waals surface area contributed by atoms with Gasteiger partial charge in [-0.15, -0.1) is 11.3 Å². The normalized spacial score (nSPS) is 11.2. The summed E-state index contributed by atoms with van der Waals surface area (Å²) < 4.78 is 12.4. The van der Waals surface area contributed by atoms with Crippen molar-refractivity contribution in [3.05, 3.63) is 48.2 Å². The molecule has 1 amide bonds. The lowest BCUT2D eigenvalue weighted by Gasteiger charge is -2.19. The Kier molecular flexibility index (Phi) is 6.26. The molecule has 8 heteroatoms. The van der Waals surface area contributed by atoms with Crippen LogP contribution in [0.25, 0.3) is 21.7 Å². The minimum Gasteiger partial charge on any atom is -0.462 e. The van der Waals surface area contributed by atoms with Crippen molar-refractivity contribution < 1.29 is 19.1 Å². The standard InChI is InChI=1S/C22H25N3O4S/c1-6-28-20(26)17-16(14-10-8-7-9-11-14)18(15-12-13-25(5)24-15)30-19(17)23-21(27)29-22(2,3)4/h7-13H,6H2,1-5H3,(H,23,27). The zero-order chi connectivity index (χ0) is 21.9. The maximum atomic E-state index is 12.9. The third-order valence-corrected chi connectivity index (χ3v) is 5.14. The van der Waals surface area contributed by atoms with Gasteiger partial charge in [0.2, 0.25) is 0 Å². The second-order valence-electron chi connectivity index (χ2n) is 7.60. The number of rotatable bonds is 5. The topological polar surface area (TPSA) is 82.5 Å². The van der Waals surface area contributed by atoms with Crippen LogP contribution in [-0.4, -0.2) is 34.1 Å². The first kappa shape index (κ1) is 21.6. The Balaban J connectivity index is 2.19. The molecule has 0 unspecified atom stereocenters. The van der Waals surface area contributed by atoms with Gasteiger partial charge in [-0.3, -0.25) is 10.00 Å². The van der Waals surface area contributed by atoms with E-state index in [2.05, 4.69) is 10.4 Å². The van der Waals surface area contributed by atoms with Gasteiger partial charge in [0, 0.05) is 18.8 Å². The highest BCUT2D eigenvalue weighted by molar-refractivity contribution is 7.20. The molecule has 0 saturated heterocycles. The van der Waals surface area contributed by atoms with Gasteiger partial charge >= 0.3 is 12.1 Å². The number of nitrogens with zero attached hydrogens (tertiary/aromatic N) is 2. The van der Waals surface area contributed by atoms with E-state index in [-0.39, 0.29) is 6.61 Å². The molecule has 0 bridgehead atoms. The molecule has 2 heterocycles. The maximum Gasteiger partial charge on any atom is 0.412 e. The number of aromatic nitrogens is 2. The number of benzene rings is 1. The van der Waals surface area contributed by atoms with Crippen LogP contribution in [0.4, 0.5) is 9.80 Å². The lowest BCUT2D eigenvalue weighted by molar-refractivity contribution is 0.0529. The van der Waals surface area contributed by atoms with Crippen molar-refractivity contribution in [3.8, 4) is 21.7 Å². The van der Waals surface area contributed by atoms with Crippen molar-refractivity contribution in [1.82, 2.24) is 9.78 Å². The SMILES string of the molecule is CCOC(=O)c1c(NC(=O)OC(C)(C)C)sc(-c2ccn(C)n2)c1-c1ccccc1. The van der Waals surface area contributed by atoms with E-state index in [1.807, 2.05) is 49.6 Å². The number of hydrogen-bond donors (Lipinski definition) is 1. The van der Waals surface area contributed by atoms with Crippen molar-refractivity contribution in [3.63, 3.8) is 0 Å². The molecule has 0 spiro atoms. The fourth-order valence-electron chi connectivity index (χ4n) is 2.91. The number of nitrogens with one attached hydrogen (secondary N) is 1. The summed E-state index contributed by atoms with van der Waals surface area (Å²) in [6.45, 7) is 7.30. The molecule has 2 aromatic heterocycles. The first-order valence-corrected chi connectivity index (χ1v) is 10.4. The predicted octanol–water partition coefficient (Wildman–Crippen LogP) is 5.34.